The van der Waals surface area contributed by atoms with E-state index in [4.69, 9.17) is 5.84 Å². The molecule has 0 aromatic carbocycles. The molecule has 1 aromatic heterocycles. The maximum atomic E-state index is 5.15. The van der Waals surface area contributed by atoms with E-state index in [0.717, 1.165) is 23.7 Å². The number of anilines is 1. The van der Waals surface area contributed by atoms with Crippen LogP contribution in [0.25, 0.3) is 0 Å². The van der Waals surface area contributed by atoms with Crippen molar-refractivity contribution in [3.8, 4) is 0 Å². The highest BCUT2D eigenvalue weighted by atomic mass is 32.1. The Bertz CT molecular complexity index is 197. The van der Waals surface area contributed by atoms with Crippen molar-refractivity contribution in [1.82, 2.24) is 4.98 Å². The molecule has 0 aliphatic heterocycles. The second-order valence-electron chi connectivity index (χ2n) is 2.02. The molecule has 0 aliphatic carbocycles. The predicted molar refractivity (Wildman–Crippen MR) is 43.9 cm³/mol. The van der Waals surface area contributed by atoms with Gasteiger partial charge in [-0.25, -0.2) is 10.8 Å². The molecule has 0 bridgehead atoms. The van der Waals surface area contributed by atoms with Gasteiger partial charge in [0.2, 0.25) is 0 Å². The maximum absolute atomic E-state index is 5.15. The number of nitrogens with one attached hydrogen (secondary N) is 1. The van der Waals surface area contributed by atoms with Crippen LogP contribution in [0.15, 0.2) is 5.38 Å². The summed E-state index contributed by atoms with van der Waals surface area (Å²) in [6.07, 6.45) is 2.18. The second kappa shape index (κ2) is 3.53. The molecular formula is C6H11N3S. The summed E-state index contributed by atoms with van der Waals surface area (Å²) in [5.74, 6) is 5.93. The van der Waals surface area contributed by atoms with Gasteiger partial charge in [-0.3, -0.25) is 0 Å². The molecule has 0 amide bonds. The van der Waals surface area contributed by atoms with Crippen LogP contribution in [0, 0.1) is 0 Å². The molecule has 0 saturated carbocycles. The molecule has 1 aromatic rings. The molecule has 0 spiro atoms. The van der Waals surface area contributed by atoms with E-state index in [-0.39, 0.29) is 0 Å². The zero-order valence-electron chi connectivity index (χ0n) is 5.92. The fraction of sp³-hybridized carbons (Fsp3) is 0.500. The van der Waals surface area contributed by atoms with E-state index < -0.39 is 0 Å². The molecule has 10 heavy (non-hydrogen) atoms. The number of nitrogens with zero attached hydrogens (tertiary/aromatic N) is 1. The molecule has 1 rings (SSSR count). The van der Waals surface area contributed by atoms with Crippen molar-refractivity contribution in [3.63, 3.8) is 0 Å². The molecule has 0 saturated heterocycles. The number of hydrogen-bond donors (Lipinski definition) is 2. The standard InChI is InChI=1S/C6H11N3S/c1-2-3-6-8-5(9-7)4-10-6/h4,9H,2-3,7H2,1H3. The quantitative estimate of drug-likeness (QED) is 0.515. The molecule has 0 radical (unpaired) electrons. The van der Waals surface area contributed by atoms with Gasteiger partial charge in [-0.05, 0) is 12.8 Å². The monoisotopic (exact) mass is 157 g/mol. The Morgan fingerprint density at radius 2 is 2.60 bits per heavy atom. The number of thiazole rings is 1. The topological polar surface area (TPSA) is 50.9 Å². The SMILES string of the molecule is CCCc1nc(NN)cs1. The Hall–Kier alpha value is -0.610. The molecular weight excluding hydrogens is 146 g/mol. The molecule has 0 fully saturated rings. The highest BCUT2D eigenvalue weighted by Crippen LogP contribution is 2.13. The Balaban J connectivity index is 2.59. The van der Waals surface area contributed by atoms with Gasteiger partial charge in [-0.1, -0.05) is 6.92 Å². The van der Waals surface area contributed by atoms with Crippen molar-refractivity contribution in [3.05, 3.63) is 10.4 Å². The number of aromatic nitrogens is 1. The number of nitrogens with two attached hydrogens (primary N) is 1. The lowest BCUT2D eigenvalue weighted by Crippen LogP contribution is -2.06. The third-order valence-corrected chi connectivity index (χ3v) is 2.07. The lowest BCUT2D eigenvalue weighted by atomic mass is 10.4. The van der Waals surface area contributed by atoms with Gasteiger partial charge in [0.05, 0.1) is 5.01 Å². The summed E-state index contributed by atoms with van der Waals surface area (Å²) < 4.78 is 0. The minimum absolute atomic E-state index is 0.772. The van der Waals surface area contributed by atoms with Crippen molar-refractivity contribution in [2.75, 3.05) is 5.43 Å². The zero-order chi connectivity index (χ0) is 7.40. The van der Waals surface area contributed by atoms with E-state index in [9.17, 15) is 0 Å². The van der Waals surface area contributed by atoms with Gasteiger partial charge in [0.25, 0.3) is 0 Å². The molecule has 0 unspecified atom stereocenters. The first kappa shape index (κ1) is 7.50. The lowest BCUT2D eigenvalue weighted by Gasteiger charge is -1.89. The summed E-state index contributed by atoms with van der Waals surface area (Å²) in [7, 11) is 0. The van der Waals surface area contributed by atoms with Gasteiger partial charge >= 0.3 is 0 Å². The average molecular weight is 157 g/mol. The van der Waals surface area contributed by atoms with Crippen LogP contribution in [-0.2, 0) is 6.42 Å². The Labute approximate surface area is 64.2 Å². The maximum Gasteiger partial charge on any atom is 0.151 e. The fourth-order valence-corrected chi connectivity index (χ4v) is 1.55. The highest BCUT2D eigenvalue weighted by Gasteiger charge is 1.97. The van der Waals surface area contributed by atoms with Crippen LogP contribution in [0.4, 0.5) is 5.82 Å². The van der Waals surface area contributed by atoms with Gasteiger partial charge in [-0.15, -0.1) is 11.3 Å². The van der Waals surface area contributed by atoms with Crippen LogP contribution in [0.1, 0.15) is 18.4 Å². The summed E-state index contributed by atoms with van der Waals surface area (Å²) in [6.45, 7) is 2.14. The fourth-order valence-electron chi connectivity index (χ4n) is 0.706. The third kappa shape index (κ3) is 1.68. The first-order chi connectivity index (χ1) is 4.86. The Kier molecular flexibility index (Phi) is 2.65. The molecule has 0 atom stereocenters. The third-order valence-electron chi connectivity index (χ3n) is 1.16. The first-order valence-corrected chi connectivity index (χ1v) is 4.15. The number of rotatable bonds is 3. The number of hydrogen-bond acceptors (Lipinski definition) is 4. The first-order valence-electron chi connectivity index (χ1n) is 3.28. The summed E-state index contributed by atoms with van der Waals surface area (Å²) in [6, 6.07) is 0. The molecule has 0 aliphatic rings. The normalized spacial score (nSPS) is 9.80. The largest absolute Gasteiger partial charge is 0.308 e. The van der Waals surface area contributed by atoms with Crippen molar-refractivity contribution < 1.29 is 0 Å². The number of aryl methyl sites for hydroxylation is 1. The van der Waals surface area contributed by atoms with E-state index in [1.165, 1.54) is 0 Å². The minimum Gasteiger partial charge on any atom is -0.308 e. The summed E-state index contributed by atoms with van der Waals surface area (Å²) in [4.78, 5) is 4.20. The Morgan fingerprint density at radius 3 is 3.10 bits per heavy atom. The van der Waals surface area contributed by atoms with Gasteiger partial charge in [0.1, 0.15) is 0 Å². The van der Waals surface area contributed by atoms with Crippen molar-refractivity contribution in [1.29, 1.82) is 0 Å². The number of nitrogen functional groups attached to an aromatic ring is 1. The lowest BCUT2D eigenvalue weighted by molar-refractivity contribution is 0.909. The Morgan fingerprint density at radius 1 is 1.80 bits per heavy atom. The van der Waals surface area contributed by atoms with Crippen LogP contribution in [-0.4, -0.2) is 4.98 Å². The van der Waals surface area contributed by atoms with Gasteiger partial charge in [0.15, 0.2) is 5.82 Å². The molecule has 1 heterocycles. The van der Waals surface area contributed by atoms with E-state index in [1.807, 2.05) is 5.38 Å². The van der Waals surface area contributed by atoms with E-state index in [0.29, 0.717) is 0 Å². The zero-order valence-corrected chi connectivity index (χ0v) is 6.74. The average Bonchev–Trinajstić information content (AvgIpc) is 2.37. The summed E-state index contributed by atoms with van der Waals surface area (Å²) in [5, 5.41) is 3.07. The minimum atomic E-state index is 0.772. The van der Waals surface area contributed by atoms with Crippen LogP contribution in [0.2, 0.25) is 0 Å². The van der Waals surface area contributed by atoms with Gasteiger partial charge in [0, 0.05) is 5.38 Å². The molecule has 3 nitrogen and oxygen atoms in total. The van der Waals surface area contributed by atoms with Gasteiger partial charge < -0.3 is 5.43 Å². The van der Waals surface area contributed by atoms with Crippen molar-refractivity contribution in [2.45, 2.75) is 19.8 Å². The molecule has 56 valence electrons. The second-order valence-corrected chi connectivity index (χ2v) is 2.96. The predicted octanol–water partition coefficient (Wildman–Crippen LogP) is 1.38. The molecule has 4 heteroatoms. The van der Waals surface area contributed by atoms with E-state index in [2.05, 4.69) is 17.3 Å². The van der Waals surface area contributed by atoms with Crippen LogP contribution >= 0.6 is 11.3 Å². The van der Waals surface area contributed by atoms with Crippen LogP contribution < -0.4 is 11.3 Å². The van der Waals surface area contributed by atoms with Crippen LogP contribution in [0.3, 0.4) is 0 Å². The smallest absolute Gasteiger partial charge is 0.151 e. The van der Waals surface area contributed by atoms with Crippen molar-refractivity contribution >= 4 is 17.2 Å². The summed E-state index contributed by atoms with van der Waals surface area (Å²) >= 11 is 1.65. The number of hydrazine groups is 1. The molecule has 3 N–H and O–H groups in total. The van der Waals surface area contributed by atoms with Gasteiger partial charge in [-0.2, -0.15) is 0 Å². The van der Waals surface area contributed by atoms with E-state index >= 15 is 0 Å². The van der Waals surface area contributed by atoms with E-state index in [1.54, 1.807) is 11.3 Å². The van der Waals surface area contributed by atoms with Crippen molar-refractivity contribution in [2.24, 2.45) is 5.84 Å². The summed E-state index contributed by atoms with van der Waals surface area (Å²) in [5.41, 5.74) is 2.51. The van der Waals surface area contributed by atoms with Crippen LogP contribution in [0.5, 0.6) is 0 Å². The highest BCUT2D eigenvalue weighted by molar-refractivity contribution is 7.10.